The Morgan fingerprint density at radius 1 is 1.00 bits per heavy atom. The van der Waals surface area contributed by atoms with Crippen LogP contribution < -0.4 is 10.6 Å². The summed E-state index contributed by atoms with van der Waals surface area (Å²) in [5.74, 6) is 0.0865. The van der Waals surface area contributed by atoms with E-state index in [9.17, 15) is 14.9 Å². The summed E-state index contributed by atoms with van der Waals surface area (Å²) in [6.07, 6.45) is 1.25. The average Bonchev–Trinajstić information content (AvgIpc) is 2.62. The SMILES string of the molecule is CC(=O)c1ccc(Nc2ncnc(Nc3cccc(C)c3)c2[N+](=O)[O-])cc1. The van der Waals surface area contributed by atoms with Crippen molar-refractivity contribution in [3.05, 3.63) is 76.1 Å². The highest BCUT2D eigenvalue weighted by molar-refractivity contribution is 5.94. The molecule has 0 aliphatic heterocycles. The number of anilines is 4. The van der Waals surface area contributed by atoms with Gasteiger partial charge in [-0.15, -0.1) is 0 Å². The van der Waals surface area contributed by atoms with Gasteiger partial charge in [-0.25, -0.2) is 9.97 Å². The van der Waals surface area contributed by atoms with E-state index in [2.05, 4.69) is 20.6 Å². The quantitative estimate of drug-likeness (QED) is 0.380. The van der Waals surface area contributed by atoms with Crippen LogP contribution in [0.5, 0.6) is 0 Å². The first-order chi connectivity index (χ1) is 12.9. The second kappa shape index (κ2) is 7.61. The molecular weight excluding hydrogens is 346 g/mol. The number of nitrogens with one attached hydrogen (secondary N) is 2. The lowest BCUT2D eigenvalue weighted by Crippen LogP contribution is -2.05. The van der Waals surface area contributed by atoms with Gasteiger partial charge in [0.25, 0.3) is 0 Å². The van der Waals surface area contributed by atoms with Crippen LogP contribution in [0.3, 0.4) is 0 Å². The maximum absolute atomic E-state index is 11.6. The largest absolute Gasteiger partial charge is 0.353 e. The van der Waals surface area contributed by atoms with Crippen molar-refractivity contribution in [2.75, 3.05) is 10.6 Å². The van der Waals surface area contributed by atoms with Crippen LogP contribution in [0.15, 0.2) is 54.9 Å². The van der Waals surface area contributed by atoms with Gasteiger partial charge in [0.05, 0.1) is 4.92 Å². The zero-order chi connectivity index (χ0) is 19.4. The Morgan fingerprint density at radius 3 is 2.19 bits per heavy atom. The molecule has 0 bridgehead atoms. The van der Waals surface area contributed by atoms with Crippen LogP contribution >= 0.6 is 0 Å². The fourth-order valence-electron chi connectivity index (χ4n) is 2.52. The van der Waals surface area contributed by atoms with E-state index < -0.39 is 4.92 Å². The minimum absolute atomic E-state index is 0.0562. The second-order valence-electron chi connectivity index (χ2n) is 5.93. The summed E-state index contributed by atoms with van der Waals surface area (Å²) in [6, 6.07) is 14.0. The highest BCUT2D eigenvalue weighted by atomic mass is 16.6. The Hall–Kier alpha value is -3.81. The molecule has 0 unspecified atom stereocenters. The van der Waals surface area contributed by atoms with E-state index in [1.807, 2.05) is 25.1 Å². The van der Waals surface area contributed by atoms with Crippen molar-refractivity contribution >= 4 is 34.5 Å². The molecule has 27 heavy (non-hydrogen) atoms. The van der Waals surface area contributed by atoms with Crippen LogP contribution in [0.1, 0.15) is 22.8 Å². The molecule has 2 N–H and O–H groups in total. The van der Waals surface area contributed by atoms with Gasteiger partial charge in [0, 0.05) is 16.9 Å². The minimum atomic E-state index is -0.537. The monoisotopic (exact) mass is 363 g/mol. The van der Waals surface area contributed by atoms with E-state index in [4.69, 9.17) is 0 Å². The molecule has 0 saturated carbocycles. The standard InChI is InChI=1S/C19H17N5O3/c1-12-4-3-5-16(10-12)23-19-17(24(26)27)18(20-11-21-19)22-15-8-6-14(7-9-15)13(2)25/h3-11H,1-2H3,(H2,20,21,22,23). The van der Waals surface area contributed by atoms with Crippen LogP contribution in [-0.4, -0.2) is 20.7 Å². The average molecular weight is 363 g/mol. The van der Waals surface area contributed by atoms with Crippen LogP contribution in [0.25, 0.3) is 0 Å². The van der Waals surface area contributed by atoms with E-state index in [0.29, 0.717) is 16.9 Å². The molecule has 1 aromatic heterocycles. The first-order valence-electron chi connectivity index (χ1n) is 8.15. The Labute approximate surface area is 155 Å². The number of Topliss-reactive ketones (excluding diaryl/α,β-unsaturated/α-hetero) is 1. The third-order valence-electron chi connectivity index (χ3n) is 3.84. The maximum atomic E-state index is 11.6. The summed E-state index contributed by atoms with van der Waals surface area (Å²) in [5, 5.41) is 17.5. The van der Waals surface area contributed by atoms with E-state index >= 15 is 0 Å². The summed E-state index contributed by atoms with van der Waals surface area (Å²) in [5.41, 5.74) is 2.56. The summed E-state index contributed by atoms with van der Waals surface area (Å²) in [4.78, 5) is 30.5. The lowest BCUT2D eigenvalue weighted by molar-refractivity contribution is -0.383. The third kappa shape index (κ3) is 4.24. The lowest BCUT2D eigenvalue weighted by atomic mass is 10.1. The van der Waals surface area contributed by atoms with Gasteiger partial charge in [0.2, 0.25) is 11.6 Å². The topological polar surface area (TPSA) is 110 Å². The van der Waals surface area contributed by atoms with Crippen LogP contribution in [0.4, 0.5) is 28.7 Å². The predicted octanol–water partition coefficient (Wildman–Crippen LogP) is 4.38. The van der Waals surface area contributed by atoms with Crippen molar-refractivity contribution in [2.24, 2.45) is 0 Å². The molecular formula is C19H17N5O3. The number of aromatic nitrogens is 2. The maximum Gasteiger partial charge on any atom is 0.353 e. The third-order valence-corrected chi connectivity index (χ3v) is 3.84. The molecule has 0 fully saturated rings. The number of carbonyl (C=O) groups excluding carboxylic acids is 1. The predicted molar refractivity (Wildman–Crippen MR) is 103 cm³/mol. The molecule has 0 aliphatic carbocycles. The number of ketones is 1. The summed E-state index contributed by atoms with van der Waals surface area (Å²) >= 11 is 0. The van der Waals surface area contributed by atoms with Gasteiger partial charge in [0.15, 0.2) is 5.78 Å². The molecule has 0 spiro atoms. The van der Waals surface area contributed by atoms with Crippen LogP contribution in [-0.2, 0) is 0 Å². The van der Waals surface area contributed by atoms with Gasteiger partial charge in [-0.2, -0.15) is 0 Å². The minimum Gasteiger partial charge on any atom is -0.334 e. The first kappa shape index (κ1) is 18.0. The molecule has 0 aliphatic rings. The fraction of sp³-hybridized carbons (Fsp3) is 0.105. The Balaban J connectivity index is 1.93. The molecule has 2 aromatic carbocycles. The van der Waals surface area contributed by atoms with Crippen molar-refractivity contribution < 1.29 is 9.72 Å². The number of carbonyl (C=O) groups is 1. The first-order valence-corrected chi connectivity index (χ1v) is 8.15. The summed E-state index contributed by atoms with van der Waals surface area (Å²) in [6.45, 7) is 3.40. The number of aryl methyl sites for hydroxylation is 1. The molecule has 1 heterocycles. The van der Waals surface area contributed by atoms with Crippen molar-refractivity contribution in [3.63, 3.8) is 0 Å². The van der Waals surface area contributed by atoms with Crippen molar-refractivity contribution in [3.8, 4) is 0 Å². The second-order valence-corrected chi connectivity index (χ2v) is 5.93. The molecule has 3 rings (SSSR count). The Morgan fingerprint density at radius 2 is 1.63 bits per heavy atom. The van der Waals surface area contributed by atoms with Gasteiger partial charge < -0.3 is 10.6 Å². The summed E-state index contributed by atoms with van der Waals surface area (Å²) in [7, 11) is 0. The number of nitro groups is 1. The fourth-order valence-corrected chi connectivity index (χ4v) is 2.52. The van der Waals surface area contributed by atoms with E-state index in [1.54, 1.807) is 30.3 Å². The molecule has 136 valence electrons. The molecule has 0 radical (unpaired) electrons. The van der Waals surface area contributed by atoms with E-state index in [-0.39, 0.29) is 23.1 Å². The number of rotatable bonds is 6. The Kier molecular flexibility index (Phi) is 5.07. The smallest absolute Gasteiger partial charge is 0.334 e. The van der Waals surface area contributed by atoms with Crippen molar-refractivity contribution in [1.29, 1.82) is 0 Å². The van der Waals surface area contributed by atoms with Gasteiger partial charge in [-0.05, 0) is 55.8 Å². The normalized spacial score (nSPS) is 10.3. The molecule has 0 amide bonds. The van der Waals surface area contributed by atoms with Crippen LogP contribution in [0, 0.1) is 17.0 Å². The van der Waals surface area contributed by atoms with Crippen molar-refractivity contribution in [2.45, 2.75) is 13.8 Å². The van der Waals surface area contributed by atoms with Gasteiger partial charge in [0.1, 0.15) is 6.33 Å². The number of nitrogens with zero attached hydrogens (tertiary/aromatic N) is 3. The van der Waals surface area contributed by atoms with E-state index in [1.165, 1.54) is 13.3 Å². The molecule has 8 heteroatoms. The van der Waals surface area contributed by atoms with Gasteiger partial charge in [-0.1, -0.05) is 12.1 Å². The molecule has 0 atom stereocenters. The molecule has 0 saturated heterocycles. The molecule has 3 aromatic rings. The lowest BCUT2D eigenvalue weighted by Gasteiger charge is -2.10. The highest BCUT2D eigenvalue weighted by Crippen LogP contribution is 2.33. The zero-order valence-electron chi connectivity index (χ0n) is 14.8. The number of hydrogen-bond acceptors (Lipinski definition) is 7. The molecule has 8 nitrogen and oxygen atoms in total. The van der Waals surface area contributed by atoms with E-state index in [0.717, 1.165) is 5.56 Å². The van der Waals surface area contributed by atoms with Gasteiger partial charge in [-0.3, -0.25) is 14.9 Å². The number of benzene rings is 2. The number of hydrogen-bond donors (Lipinski definition) is 2. The Bertz CT molecular complexity index is 1000. The van der Waals surface area contributed by atoms with Crippen molar-refractivity contribution in [1.82, 2.24) is 9.97 Å². The zero-order valence-corrected chi connectivity index (χ0v) is 14.8. The summed E-state index contributed by atoms with van der Waals surface area (Å²) < 4.78 is 0. The highest BCUT2D eigenvalue weighted by Gasteiger charge is 2.23. The van der Waals surface area contributed by atoms with Crippen LogP contribution in [0.2, 0.25) is 0 Å². The van der Waals surface area contributed by atoms with Gasteiger partial charge >= 0.3 is 5.69 Å².